The van der Waals surface area contributed by atoms with Gasteiger partial charge in [-0.1, -0.05) is 72.3 Å². The van der Waals surface area contributed by atoms with E-state index < -0.39 is 40.9 Å². The Bertz CT molecular complexity index is 1740. The first-order chi connectivity index (χ1) is 20.8. The second-order valence-corrected chi connectivity index (χ2v) is 9.93. The highest BCUT2D eigenvalue weighted by Crippen LogP contribution is 2.34. The van der Waals surface area contributed by atoms with Crippen LogP contribution in [0.15, 0.2) is 102 Å². The second-order valence-electron chi connectivity index (χ2n) is 9.52. The van der Waals surface area contributed by atoms with E-state index in [1.54, 1.807) is 25.3 Å². The van der Waals surface area contributed by atoms with Crippen molar-refractivity contribution in [3.63, 3.8) is 0 Å². The molecule has 5 rings (SSSR count). The van der Waals surface area contributed by atoms with E-state index in [-0.39, 0.29) is 21.7 Å². The Morgan fingerprint density at radius 3 is 2.30 bits per heavy atom. The minimum absolute atomic E-state index is 0.0328. The number of methoxy groups -OCH3 is 1. The van der Waals surface area contributed by atoms with Crippen LogP contribution in [0, 0.1) is 10.1 Å². The fourth-order valence-corrected chi connectivity index (χ4v) is 4.90. The quantitative estimate of drug-likeness (QED) is 0.0998. The maximum absolute atomic E-state index is 13.4. The fourth-order valence-electron chi connectivity index (χ4n) is 4.71. The minimum Gasteiger partial charge on any atom is -0.497 e. The highest BCUT2D eigenvalue weighted by atomic mass is 35.5. The van der Waals surface area contributed by atoms with Crippen LogP contribution in [0.1, 0.15) is 49.9 Å². The van der Waals surface area contributed by atoms with Crippen molar-refractivity contribution in [3.8, 4) is 5.75 Å². The van der Waals surface area contributed by atoms with Crippen LogP contribution in [-0.2, 0) is 9.53 Å². The third kappa shape index (κ3) is 6.29. The summed E-state index contributed by atoms with van der Waals surface area (Å²) >= 11 is 5.88. The zero-order valence-electron chi connectivity index (χ0n) is 22.8. The fraction of sp³-hybridized carbons (Fsp3) is 0.125. The number of halogens is 1. The summed E-state index contributed by atoms with van der Waals surface area (Å²) in [6.07, 6.45) is 0.445. The van der Waals surface area contributed by atoms with Gasteiger partial charge in [0.1, 0.15) is 10.8 Å². The van der Waals surface area contributed by atoms with Crippen LogP contribution < -0.4 is 4.74 Å². The number of esters is 1. The standard InChI is InChI=1S/C32H24ClN3O7/c1-42-23-14-11-21(12-15-23)28-18-27(20-7-3-2-4-8-20)34-35(28)30(37)19-43-32(39)25-10-6-5-9-24(25)31(38)22-13-16-26(33)29(17-22)36(40)41/h2-17,28H,18-19H2,1H3/t28-/m0/s1. The molecule has 1 aliphatic heterocycles. The first kappa shape index (κ1) is 29.2. The van der Waals surface area contributed by atoms with Gasteiger partial charge in [0.2, 0.25) is 0 Å². The molecular weight excluding hydrogens is 574 g/mol. The molecule has 0 aromatic heterocycles. The van der Waals surface area contributed by atoms with Crippen molar-refractivity contribution < 1.29 is 28.8 Å². The Labute approximate surface area is 251 Å². The monoisotopic (exact) mass is 597 g/mol. The lowest BCUT2D eigenvalue weighted by Gasteiger charge is -2.22. The first-order valence-corrected chi connectivity index (χ1v) is 13.5. The number of hydrogen-bond acceptors (Lipinski definition) is 8. The number of rotatable bonds is 9. The van der Waals surface area contributed by atoms with Crippen LogP contribution in [0.25, 0.3) is 0 Å². The Hall–Kier alpha value is -5.35. The molecule has 0 bridgehead atoms. The molecule has 1 amide bonds. The Morgan fingerprint density at radius 1 is 0.953 bits per heavy atom. The number of nitrogens with zero attached hydrogens (tertiary/aromatic N) is 3. The largest absolute Gasteiger partial charge is 0.497 e. The van der Waals surface area contributed by atoms with Gasteiger partial charge < -0.3 is 9.47 Å². The van der Waals surface area contributed by atoms with Gasteiger partial charge in [0.25, 0.3) is 11.6 Å². The molecule has 4 aromatic carbocycles. The normalized spacial score (nSPS) is 14.1. The van der Waals surface area contributed by atoms with Gasteiger partial charge in [-0.25, -0.2) is 9.80 Å². The van der Waals surface area contributed by atoms with Crippen LogP contribution in [-0.4, -0.2) is 47.0 Å². The first-order valence-electron chi connectivity index (χ1n) is 13.1. The zero-order valence-corrected chi connectivity index (χ0v) is 23.6. The zero-order chi connectivity index (χ0) is 30.5. The molecule has 0 N–H and O–H groups in total. The molecule has 11 heteroatoms. The number of nitro groups is 1. The van der Waals surface area contributed by atoms with Crippen molar-refractivity contribution in [1.29, 1.82) is 0 Å². The van der Waals surface area contributed by atoms with Crippen molar-refractivity contribution in [1.82, 2.24) is 5.01 Å². The van der Waals surface area contributed by atoms with E-state index in [0.29, 0.717) is 17.9 Å². The van der Waals surface area contributed by atoms with E-state index in [4.69, 9.17) is 21.1 Å². The lowest BCUT2D eigenvalue weighted by Crippen LogP contribution is -2.31. The maximum Gasteiger partial charge on any atom is 0.339 e. The molecule has 0 saturated carbocycles. The molecule has 4 aromatic rings. The lowest BCUT2D eigenvalue weighted by atomic mass is 9.98. The van der Waals surface area contributed by atoms with Gasteiger partial charge in [-0.2, -0.15) is 5.10 Å². The summed E-state index contributed by atoms with van der Waals surface area (Å²) in [5.41, 5.74) is 1.78. The molecular formula is C32H24ClN3O7. The van der Waals surface area contributed by atoms with Crippen molar-refractivity contribution in [2.24, 2.45) is 5.10 Å². The van der Waals surface area contributed by atoms with E-state index >= 15 is 0 Å². The SMILES string of the molecule is COc1ccc([C@@H]2CC(c3ccccc3)=NN2C(=O)COC(=O)c2ccccc2C(=O)c2ccc(Cl)c([N+](=O)[O-])c2)cc1. The molecule has 0 unspecified atom stereocenters. The number of ether oxygens (including phenoxy) is 2. The number of ketones is 1. The number of benzene rings is 4. The van der Waals surface area contributed by atoms with E-state index in [1.807, 2.05) is 42.5 Å². The summed E-state index contributed by atoms with van der Waals surface area (Å²) in [7, 11) is 1.57. The molecule has 0 fully saturated rings. The van der Waals surface area contributed by atoms with Gasteiger partial charge in [0.15, 0.2) is 12.4 Å². The summed E-state index contributed by atoms with van der Waals surface area (Å²) in [6, 6.07) is 25.8. The molecule has 10 nitrogen and oxygen atoms in total. The van der Waals surface area contributed by atoms with Gasteiger partial charge >= 0.3 is 5.97 Å². The number of hydrazone groups is 1. The number of hydrogen-bond donors (Lipinski definition) is 0. The van der Waals surface area contributed by atoms with Crippen LogP contribution in [0.3, 0.4) is 0 Å². The van der Waals surface area contributed by atoms with Gasteiger partial charge in [0, 0.05) is 23.6 Å². The van der Waals surface area contributed by atoms with Crippen LogP contribution in [0.2, 0.25) is 5.02 Å². The molecule has 216 valence electrons. The van der Waals surface area contributed by atoms with E-state index in [0.717, 1.165) is 17.2 Å². The maximum atomic E-state index is 13.4. The molecule has 0 aliphatic carbocycles. The summed E-state index contributed by atoms with van der Waals surface area (Å²) in [6.45, 7) is -0.633. The second kappa shape index (κ2) is 12.7. The van der Waals surface area contributed by atoms with Crippen molar-refractivity contribution in [2.45, 2.75) is 12.5 Å². The van der Waals surface area contributed by atoms with E-state index in [2.05, 4.69) is 5.10 Å². The Balaban J connectivity index is 1.36. The highest BCUT2D eigenvalue weighted by molar-refractivity contribution is 6.33. The molecule has 1 heterocycles. The average molecular weight is 598 g/mol. The predicted molar refractivity (Wildman–Crippen MR) is 158 cm³/mol. The Kier molecular flexibility index (Phi) is 8.59. The smallest absolute Gasteiger partial charge is 0.339 e. The minimum atomic E-state index is -0.909. The number of carbonyl (C=O) groups excluding carboxylic acids is 3. The summed E-state index contributed by atoms with van der Waals surface area (Å²) in [5, 5.41) is 17.1. The number of nitro benzene ring substituents is 1. The lowest BCUT2D eigenvalue weighted by molar-refractivity contribution is -0.384. The highest BCUT2D eigenvalue weighted by Gasteiger charge is 2.34. The van der Waals surface area contributed by atoms with Crippen molar-refractivity contribution in [2.75, 3.05) is 13.7 Å². The summed E-state index contributed by atoms with van der Waals surface area (Å²) in [5.74, 6) is -1.44. The molecule has 43 heavy (non-hydrogen) atoms. The Morgan fingerprint density at radius 2 is 1.63 bits per heavy atom. The third-order valence-electron chi connectivity index (χ3n) is 6.90. The summed E-state index contributed by atoms with van der Waals surface area (Å²) in [4.78, 5) is 50.4. The van der Waals surface area contributed by atoms with Gasteiger partial charge in [-0.05, 0) is 41.5 Å². The van der Waals surface area contributed by atoms with E-state index in [9.17, 15) is 24.5 Å². The molecule has 0 spiro atoms. The van der Waals surface area contributed by atoms with Gasteiger partial charge in [-0.3, -0.25) is 19.7 Å². The third-order valence-corrected chi connectivity index (χ3v) is 7.22. The van der Waals surface area contributed by atoms with Crippen molar-refractivity contribution in [3.05, 3.63) is 140 Å². The van der Waals surface area contributed by atoms with Crippen LogP contribution in [0.5, 0.6) is 5.75 Å². The number of amides is 1. The molecule has 0 radical (unpaired) electrons. The van der Waals surface area contributed by atoms with Gasteiger partial charge in [-0.15, -0.1) is 0 Å². The number of carbonyl (C=O) groups is 3. The van der Waals surface area contributed by atoms with Gasteiger partial charge in [0.05, 0.1) is 29.4 Å². The molecule has 0 saturated heterocycles. The molecule has 1 atom stereocenters. The average Bonchev–Trinajstić information content (AvgIpc) is 3.49. The van der Waals surface area contributed by atoms with Crippen molar-refractivity contribution >= 4 is 40.7 Å². The van der Waals surface area contributed by atoms with Crippen LogP contribution >= 0.6 is 11.6 Å². The molecule has 1 aliphatic rings. The topological polar surface area (TPSA) is 128 Å². The van der Waals surface area contributed by atoms with E-state index in [1.165, 1.54) is 35.3 Å². The summed E-state index contributed by atoms with van der Waals surface area (Å²) < 4.78 is 10.6. The van der Waals surface area contributed by atoms with Crippen LogP contribution in [0.4, 0.5) is 5.69 Å². The predicted octanol–water partition coefficient (Wildman–Crippen LogP) is 6.02.